The molecule has 1 aromatic rings. The maximum absolute atomic E-state index is 4.60. The molecule has 4 heteroatoms. The Balaban J connectivity index is 2.04. The van der Waals surface area contributed by atoms with Crippen molar-refractivity contribution in [2.75, 3.05) is 23.7 Å². The summed E-state index contributed by atoms with van der Waals surface area (Å²) in [7, 11) is 0. The summed E-state index contributed by atoms with van der Waals surface area (Å²) in [6, 6.07) is 2.01. The van der Waals surface area contributed by atoms with Crippen LogP contribution in [0, 0.1) is 11.8 Å². The number of aromatic nitrogens is 2. The van der Waals surface area contributed by atoms with Gasteiger partial charge in [-0.25, -0.2) is 9.97 Å². The molecule has 1 unspecified atom stereocenters. The molecule has 1 aliphatic rings. The Morgan fingerprint density at radius 2 is 1.79 bits per heavy atom. The number of rotatable bonds is 7. The van der Waals surface area contributed by atoms with Crippen LogP contribution in [0.3, 0.4) is 0 Å². The van der Waals surface area contributed by atoms with Gasteiger partial charge in [-0.05, 0) is 31.6 Å². The summed E-state index contributed by atoms with van der Waals surface area (Å²) < 4.78 is 0. The minimum atomic E-state index is 0.347. The lowest BCUT2D eigenvalue weighted by molar-refractivity contribution is 0.535. The van der Waals surface area contributed by atoms with Crippen LogP contribution in [0.4, 0.5) is 11.6 Å². The van der Waals surface area contributed by atoms with Crippen molar-refractivity contribution in [2.24, 2.45) is 11.8 Å². The van der Waals surface area contributed by atoms with Gasteiger partial charge in [0.05, 0.1) is 0 Å². The number of hydrogen-bond acceptors (Lipinski definition) is 4. The minimum absolute atomic E-state index is 0.347. The second-order valence-corrected chi connectivity index (χ2v) is 5.88. The van der Waals surface area contributed by atoms with Crippen LogP contribution >= 0.6 is 0 Å². The maximum atomic E-state index is 4.60. The Hall–Kier alpha value is -1.32. The Morgan fingerprint density at radius 3 is 2.32 bits per heavy atom. The molecule has 0 aliphatic heterocycles. The quantitative estimate of drug-likeness (QED) is 0.789. The van der Waals surface area contributed by atoms with E-state index in [2.05, 4.69) is 48.3 Å². The van der Waals surface area contributed by atoms with Crippen LogP contribution in [0.25, 0.3) is 0 Å². The van der Waals surface area contributed by atoms with Crippen LogP contribution in [-0.4, -0.2) is 23.1 Å². The monoisotopic (exact) mass is 262 g/mol. The highest BCUT2D eigenvalue weighted by atomic mass is 15.1. The molecule has 0 bridgehead atoms. The predicted molar refractivity (Wildman–Crippen MR) is 80.7 cm³/mol. The molecule has 0 aromatic carbocycles. The molecular formula is C15H26N4. The summed E-state index contributed by atoms with van der Waals surface area (Å²) in [6.07, 6.45) is 2.79. The molecule has 4 nitrogen and oxygen atoms in total. The summed E-state index contributed by atoms with van der Waals surface area (Å²) in [5.41, 5.74) is 0. The van der Waals surface area contributed by atoms with Crippen LogP contribution in [-0.2, 0) is 0 Å². The van der Waals surface area contributed by atoms with Crippen LogP contribution < -0.4 is 10.6 Å². The van der Waals surface area contributed by atoms with Crippen molar-refractivity contribution in [2.45, 2.75) is 46.5 Å². The summed E-state index contributed by atoms with van der Waals surface area (Å²) in [6.45, 7) is 10.5. The summed E-state index contributed by atoms with van der Waals surface area (Å²) in [5, 5.41) is 6.74. The van der Waals surface area contributed by atoms with E-state index in [-0.39, 0.29) is 0 Å². The second kappa shape index (κ2) is 6.22. The third kappa shape index (κ3) is 4.08. The van der Waals surface area contributed by atoms with Gasteiger partial charge >= 0.3 is 0 Å². The van der Waals surface area contributed by atoms with Crippen molar-refractivity contribution in [1.82, 2.24) is 9.97 Å². The van der Waals surface area contributed by atoms with Crippen molar-refractivity contribution in [3.05, 3.63) is 11.9 Å². The minimum Gasteiger partial charge on any atom is -0.370 e. The van der Waals surface area contributed by atoms with E-state index in [4.69, 9.17) is 0 Å². The van der Waals surface area contributed by atoms with Gasteiger partial charge in [-0.3, -0.25) is 0 Å². The number of nitrogens with zero attached hydrogens (tertiary/aromatic N) is 2. The van der Waals surface area contributed by atoms with Crippen LogP contribution in [0.1, 0.15) is 52.3 Å². The highest BCUT2D eigenvalue weighted by Crippen LogP contribution is 2.36. The second-order valence-electron chi connectivity index (χ2n) is 5.88. The van der Waals surface area contributed by atoms with Gasteiger partial charge in [0.25, 0.3) is 0 Å². The Bertz CT molecular complexity index is 413. The van der Waals surface area contributed by atoms with Gasteiger partial charge < -0.3 is 10.6 Å². The fraction of sp³-hybridized carbons (Fsp3) is 0.733. The van der Waals surface area contributed by atoms with Gasteiger partial charge in [0.15, 0.2) is 0 Å². The standard InChI is InChI=1S/C15H26N4/c1-5-16-13-8-14(19-15(18-13)10(2)3)17-9-11(4)12-6-7-12/h8,10-12H,5-7,9H2,1-4H3,(H2,16,17,18,19). The molecule has 0 saturated heterocycles. The zero-order chi connectivity index (χ0) is 13.8. The Labute approximate surface area is 116 Å². The molecule has 1 fully saturated rings. The summed E-state index contributed by atoms with van der Waals surface area (Å²) in [4.78, 5) is 9.14. The average Bonchev–Trinajstić information content (AvgIpc) is 3.20. The van der Waals surface area contributed by atoms with Gasteiger partial charge in [-0.15, -0.1) is 0 Å². The van der Waals surface area contributed by atoms with Crippen molar-refractivity contribution in [3.63, 3.8) is 0 Å². The van der Waals surface area contributed by atoms with Gasteiger partial charge in [0.2, 0.25) is 0 Å². The molecule has 106 valence electrons. The van der Waals surface area contributed by atoms with Crippen LogP contribution in [0.5, 0.6) is 0 Å². The molecule has 2 rings (SSSR count). The molecule has 1 atom stereocenters. The molecule has 1 aliphatic carbocycles. The molecular weight excluding hydrogens is 236 g/mol. The topological polar surface area (TPSA) is 49.8 Å². The number of nitrogens with one attached hydrogen (secondary N) is 2. The lowest BCUT2D eigenvalue weighted by Gasteiger charge is -2.15. The lowest BCUT2D eigenvalue weighted by Crippen LogP contribution is -2.15. The normalized spacial score (nSPS) is 16.5. The Morgan fingerprint density at radius 1 is 1.16 bits per heavy atom. The highest BCUT2D eigenvalue weighted by molar-refractivity contribution is 5.47. The van der Waals surface area contributed by atoms with Gasteiger partial charge in [-0.1, -0.05) is 20.8 Å². The van der Waals surface area contributed by atoms with E-state index in [9.17, 15) is 0 Å². The summed E-state index contributed by atoms with van der Waals surface area (Å²) in [5.74, 6) is 4.78. The van der Waals surface area contributed by atoms with E-state index in [0.29, 0.717) is 5.92 Å². The van der Waals surface area contributed by atoms with E-state index >= 15 is 0 Å². The third-order valence-corrected chi connectivity index (χ3v) is 3.65. The molecule has 0 spiro atoms. The molecule has 1 aromatic heterocycles. The van der Waals surface area contributed by atoms with E-state index in [1.807, 2.05) is 6.07 Å². The SMILES string of the molecule is CCNc1cc(NCC(C)C2CC2)nc(C(C)C)n1. The molecule has 0 radical (unpaired) electrons. The summed E-state index contributed by atoms with van der Waals surface area (Å²) >= 11 is 0. The number of hydrogen-bond donors (Lipinski definition) is 2. The fourth-order valence-corrected chi connectivity index (χ4v) is 2.18. The van der Waals surface area contributed by atoms with Crippen LogP contribution in [0.2, 0.25) is 0 Å². The van der Waals surface area contributed by atoms with E-state index in [0.717, 1.165) is 42.4 Å². The number of anilines is 2. The molecule has 2 N–H and O–H groups in total. The van der Waals surface area contributed by atoms with Gasteiger partial charge in [-0.2, -0.15) is 0 Å². The maximum Gasteiger partial charge on any atom is 0.135 e. The largest absolute Gasteiger partial charge is 0.370 e. The first-order valence-electron chi connectivity index (χ1n) is 7.46. The molecule has 19 heavy (non-hydrogen) atoms. The zero-order valence-corrected chi connectivity index (χ0v) is 12.5. The first-order chi connectivity index (χ1) is 9.10. The highest BCUT2D eigenvalue weighted by Gasteiger charge is 2.27. The van der Waals surface area contributed by atoms with Gasteiger partial charge in [0.1, 0.15) is 17.5 Å². The van der Waals surface area contributed by atoms with Gasteiger partial charge in [0, 0.05) is 25.1 Å². The Kier molecular flexibility index (Phi) is 4.61. The van der Waals surface area contributed by atoms with Crippen molar-refractivity contribution in [3.8, 4) is 0 Å². The van der Waals surface area contributed by atoms with E-state index < -0.39 is 0 Å². The smallest absolute Gasteiger partial charge is 0.135 e. The first-order valence-corrected chi connectivity index (χ1v) is 7.46. The third-order valence-electron chi connectivity index (χ3n) is 3.65. The fourth-order valence-electron chi connectivity index (χ4n) is 2.18. The van der Waals surface area contributed by atoms with Crippen molar-refractivity contribution >= 4 is 11.6 Å². The van der Waals surface area contributed by atoms with Crippen molar-refractivity contribution < 1.29 is 0 Å². The van der Waals surface area contributed by atoms with Crippen LogP contribution in [0.15, 0.2) is 6.07 Å². The molecule has 0 amide bonds. The van der Waals surface area contributed by atoms with Crippen molar-refractivity contribution in [1.29, 1.82) is 0 Å². The molecule has 1 heterocycles. The predicted octanol–water partition coefficient (Wildman–Crippen LogP) is 3.49. The first kappa shape index (κ1) is 14.1. The van der Waals surface area contributed by atoms with E-state index in [1.165, 1.54) is 12.8 Å². The molecule has 1 saturated carbocycles. The zero-order valence-electron chi connectivity index (χ0n) is 12.5. The average molecular weight is 262 g/mol. The lowest BCUT2D eigenvalue weighted by atomic mass is 10.1. The van der Waals surface area contributed by atoms with E-state index in [1.54, 1.807) is 0 Å².